The van der Waals surface area contributed by atoms with Crippen molar-refractivity contribution < 1.29 is 28.2 Å². The molecule has 11 heteroatoms. The Morgan fingerprint density at radius 3 is 2.17 bits per heavy atom. The molecule has 9 nitrogen and oxygen atoms in total. The maximum Gasteiger partial charge on any atom is 0.417 e. The number of aromatic nitrogens is 1. The molecule has 1 aromatic rings. The zero-order valence-electron chi connectivity index (χ0n) is 21.0. The second kappa shape index (κ2) is 8.80. The average Bonchev–Trinajstić information content (AvgIpc) is 3.27. The van der Waals surface area contributed by atoms with E-state index in [1.807, 2.05) is 0 Å². The first-order chi connectivity index (χ1) is 16.2. The third-order valence-corrected chi connectivity index (χ3v) is 6.54. The largest absolute Gasteiger partial charge is 0.444 e. The highest BCUT2D eigenvalue weighted by atomic mass is 35.5. The molecule has 2 fully saturated rings. The Balaban J connectivity index is 1.66. The number of imide groups is 1. The van der Waals surface area contributed by atoms with E-state index in [1.54, 1.807) is 51.3 Å². The van der Waals surface area contributed by atoms with Crippen molar-refractivity contribution in [3.8, 4) is 0 Å². The van der Waals surface area contributed by atoms with Gasteiger partial charge in [-0.05, 0) is 54.4 Å². The Bertz CT molecular complexity index is 1070. The van der Waals surface area contributed by atoms with Crippen molar-refractivity contribution in [2.75, 3.05) is 11.6 Å². The van der Waals surface area contributed by atoms with Crippen LogP contribution in [0.25, 0.3) is 0 Å². The molecular weight excluding hydrogens is 479 g/mol. The zero-order chi connectivity index (χ0) is 25.9. The van der Waals surface area contributed by atoms with Gasteiger partial charge in [-0.1, -0.05) is 24.4 Å². The van der Waals surface area contributed by atoms with Gasteiger partial charge in [0.05, 0.1) is 30.9 Å². The minimum Gasteiger partial charge on any atom is -0.444 e. The molecule has 1 aromatic heterocycles. The quantitative estimate of drug-likeness (QED) is 0.486. The molecule has 3 amide bonds. The number of carbonyl (C=O) groups excluding carboxylic acids is 3. The Morgan fingerprint density at radius 2 is 1.57 bits per heavy atom. The standard InChI is InChI=1S/C24H32ClFN4O5/c1-23(2,3)34-21(32)28-11-13-16(20(28)31)18(25)27-19(17(13)26)29-12-30(22(33)35-24(4,5)6)15-10-8-7-9-14(15)29/h14-15H,7-12H2,1-6H3. The Morgan fingerprint density at radius 1 is 1.00 bits per heavy atom. The summed E-state index contributed by atoms with van der Waals surface area (Å²) in [5.41, 5.74) is -1.63. The smallest absolute Gasteiger partial charge is 0.417 e. The summed E-state index contributed by atoms with van der Waals surface area (Å²) < 4.78 is 26.8. The van der Waals surface area contributed by atoms with Crippen molar-refractivity contribution in [2.45, 2.75) is 97.1 Å². The number of hydrogen-bond donors (Lipinski definition) is 0. The fourth-order valence-corrected chi connectivity index (χ4v) is 5.16. The van der Waals surface area contributed by atoms with Crippen molar-refractivity contribution in [2.24, 2.45) is 0 Å². The number of carbonyl (C=O) groups is 3. The van der Waals surface area contributed by atoms with Crippen LogP contribution in [0.3, 0.4) is 0 Å². The number of fused-ring (bicyclic) bond motifs is 2. The molecule has 192 valence electrons. The summed E-state index contributed by atoms with van der Waals surface area (Å²) in [5, 5.41) is -0.185. The van der Waals surface area contributed by atoms with Crippen molar-refractivity contribution in [1.82, 2.24) is 14.8 Å². The first kappa shape index (κ1) is 25.5. The third kappa shape index (κ3) is 4.90. The molecule has 4 rings (SSSR count). The summed E-state index contributed by atoms with van der Waals surface area (Å²) in [6, 6.07) is -0.307. The molecule has 2 atom stereocenters. The molecule has 2 aliphatic heterocycles. The topological polar surface area (TPSA) is 92.3 Å². The van der Waals surface area contributed by atoms with Crippen LogP contribution in [0, 0.1) is 5.82 Å². The first-order valence-corrected chi connectivity index (χ1v) is 12.2. The molecule has 1 saturated heterocycles. The van der Waals surface area contributed by atoms with Gasteiger partial charge < -0.3 is 14.4 Å². The number of hydrogen-bond acceptors (Lipinski definition) is 7. The van der Waals surface area contributed by atoms with Gasteiger partial charge in [-0.15, -0.1) is 0 Å². The molecule has 0 aromatic carbocycles. The first-order valence-electron chi connectivity index (χ1n) is 11.9. The summed E-state index contributed by atoms with van der Waals surface area (Å²) in [4.78, 5) is 46.8. The monoisotopic (exact) mass is 510 g/mol. The van der Waals surface area contributed by atoms with Crippen LogP contribution in [0.1, 0.15) is 83.1 Å². The number of anilines is 1. The molecule has 0 bridgehead atoms. The van der Waals surface area contributed by atoms with E-state index in [2.05, 4.69) is 4.98 Å². The van der Waals surface area contributed by atoms with E-state index in [1.165, 1.54) is 0 Å². The zero-order valence-corrected chi connectivity index (χ0v) is 21.7. The highest BCUT2D eigenvalue weighted by Gasteiger charge is 2.48. The van der Waals surface area contributed by atoms with Crippen LogP contribution in [0.5, 0.6) is 0 Å². The molecule has 3 aliphatic rings. The van der Waals surface area contributed by atoms with Gasteiger partial charge in [-0.25, -0.2) is 23.9 Å². The molecule has 0 spiro atoms. The van der Waals surface area contributed by atoms with E-state index in [0.717, 1.165) is 30.6 Å². The van der Waals surface area contributed by atoms with Gasteiger partial charge in [0.15, 0.2) is 11.6 Å². The van der Waals surface area contributed by atoms with Crippen molar-refractivity contribution in [3.63, 3.8) is 0 Å². The van der Waals surface area contributed by atoms with E-state index in [4.69, 9.17) is 21.1 Å². The van der Waals surface area contributed by atoms with E-state index in [0.29, 0.717) is 0 Å². The Labute approximate surface area is 209 Å². The normalized spacial score (nSPS) is 22.3. The van der Waals surface area contributed by atoms with Gasteiger partial charge in [0.2, 0.25) is 0 Å². The van der Waals surface area contributed by atoms with Gasteiger partial charge >= 0.3 is 12.2 Å². The summed E-state index contributed by atoms with van der Waals surface area (Å²) in [5.74, 6) is -1.50. The lowest BCUT2D eigenvalue weighted by atomic mass is 9.90. The highest BCUT2D eigenvalue weighted by Crippen LogP contribution is 2.41. The van der Waals surface area contributed by atoms with Crippen molar-refractivity contribution >= 4 is 35.5 Å². The number of rotatable bonds is 1. The minimum atomic E-state index is -0.875. The molecule has 2 unspecified atom stereocenters. The maximum atomic E-state index is 15.9. The number of pyridine rings is 1. The molecule has 0 N–H and O–H groups in total. The van der Waals surface area contributed by atoms with Gasteiger partial charge in [0.25, 0.3) is 5.91 Å². The lowest BCUT2D eigenvalue weighted by Gasteiger charge is -2.33. The van der Waals surface area contributed by atoms with Crippen LogP contribution < -0.4 is 4.90 Å². The molecule has 3 heterocycles. The van der Waals surface area contributed by atoms with Crippen LogP contribution in [0.2, 0.25) is 5.15 Å². The lowest BCUT2D eigenvalue weighted by molar-refractivity contribution is 0.0197. The minimum absolute atomic E-state index is 0.000985. The Hall–Kier alpha value is -2.62. The molecular formula is C24H32ClFN4O5. The fourth-order valence-electron chi connectivity index (χ4n) is 4.88. The molecule has 1 aliphatic carbocycles. The van der Waals surface area contributed by atoms with Gasteiger partial charge in [-0.3, -0.25) is 9.69 Å². The maximum absolute atomic E-state index is 15.9. The number of ether oxygens (including phenoxy) is 2. The highest BCUT2D eigenvalue weighted by molar-refractivity contribution is 6.33. The number of halogens is 2. The van der Waals surface area contributed by atoms with Crippen LogP contribution in [-0.2, 0) is 16.0 Å². The average molecular weight is 511 g/mol. The second-order valence-corrected chi connectivity index (χ2v) is 11.6. The summed E-state index contributed by atoms with van der Waals surface area (Å²) in [6.07, 6.45) is 2.07. The van der Waals surface area contributed by atoms with Gasteiger partial charge in [-0.2, -0.15) is 0 Å². The molecule has 0 radical (unpaired) electrons. The van der Waals surface area contributed by atoms with E-state index in [-0.39, 0.29) is 47.4 Å². The third-order valence-electron chi connectivity index (χ3n) is 6.26. The van der Waals surface area contributed by atoms with Crippen LogP contribution in [-0.4, -0.2) is 62.8 Å². The van der Waals surface area contributed by atoms with E-state index in [9.17, 15) is 14.4 Å². The van der Waals surface area contributed by atoms with Crippen molar-refractivity contribution in [3.05, 3.63) is 22.1 Å². The second-order valence-electron chi connectivity index (χ2n) is 11.2. The summed E-state index contributed by atoms with van der Waals surface area (Å²) in [7, 11) is 0. The van der Waals surface area contributed by atoms with Gasteiger partial charge in [0, 0.05) is 5.56 Å². The fraction of sp³-hybridized carbons (Fsp3) is 0.667. The predicted molar refractivity (Wildman–Crippen MR) is 127 cm³/mol. The van der Waals surface area contributed by atoms with Gasteiger partial charge in [0.1, 0.15) is 16.4 Å². The predicted octanol–water partition coefficient (Wildman–Crippen LogP) is 5.09. The van der Waals surface area contributed by atoms with Crippen molar-refractivity contribution in [1.29, 1.82) is 0 Å². The van der Waals surface area contributed by atoms with E-state index >= 15 is 4.39 Å². The SMILES string of the molecule is CC(C)(C)OC(=O)N1Cc2c(F)c(N3CN(C(=O)OC(C)(C)C)C4CCCCC43)nc(Cl)c2C1=O. The lowest BCUT2D eigenvalue weighted by Crippen LogP contribution is -2.44. The van der Waals surface area contributed by atoms with Crippen LogP contribution in [0.15, 0.2) is 0 Å². The molecule has 35 heavy (non-hydrogen) atoms. The number of nitrogens with zero attached hydrogens (tertiary/aromatic N) is 4. The van der Waals surface area contributed by atoms with Crippen LogP contribution in [0.4, 0.5) is 19.8 Å². The summed E-state index contributed by atoms with van der Waals surface area (Å²) in [6.45, 7) is 10.2. The summed E-state index contributed by atoms with van der Waals surface area (Å²) >= 11 is 6.38. The van der Waals surface area contributed by atoms with Crippen LogP contribution >= 0.6 is 11.6 Å². The molecule has 1 saturated carbocycles. The number of amides is 3. The Kier molecular flexibility index (Phi) is 6.40. The van der Waals surface area contributed by atoms with E-state index < -0.39 is 35.1 Å².